The fourth-order valence-corrected chi connectivity index (χ4v) is 1.94. The van der Waals surface area contributed by atoms with Crippen LogP contribution in [0.4, 0.5) is 17.3 Å². The Morgan fingerprint density at radius 2 is 2.47 bits per heavy atom. The summed E-state index contributed by atoms with van der Waals surface area (Å²) in [4.78, 5) is 16.3. The maximum atomic E-state index is 10.9. The van der Waals surface area contributed by atoms with Gasteiger partial charge in [-0.15, -0.1) is 0 Å². The van der Waals surface area contributed by atoms with E-state index in [1.807, 2.05) is 0 Å². The molecule has 0 spiro atoms. The predicted molar refractivity (Wildman–Crippen MR) is 67.7 cm³/mol. The molecule has 0 aromatic carbocycles. The summed E-state index contributed by atoms with van der Waals surface area (Å²) in [5.74, 6) is 5.85. The molecule has 0 saturated carbocycles. The summed E-state index contributed by atoms with van der Waals surface area (Å²) in [6, 6.07) is 2.33. The van der Waals surface area contributed by atoms with Crippen molar-refractivity contribution in [1.82, 2.24) is 4.98 Å². The summed E-state index contributed by atoms with van der Waals surface area (Å²) >= 11 is 0. The zero-order valence-electron chi connectivity index (χ0n) is 10.2. The van der Waals surface area contributed by atoms with Crippen molar-refractivity contribution in [3.8, 4) is 0 Å². The number of hydrogen-bond donors (Lipinski definition) is 3. The Kier molecular flexibility index (Phi) is 4.10. The standard InChI is InChI=1S/C10H15N5O4/c11-13-9-3-7(15(17)18)4-10(12-9)14-1-2-19-6-8(14)5-16/h3-4,8,16H,1-2,5-6,11H2,(H,12,13). The van der Waals surface area contributed by atoms with Gasteiger partial charge in [-0.1, -0.05) is 0 Å². The van der Waals surface area contributed by atoms with Crippen molar-refractivity contribution in [2.75, 3.05) is 36.7 Å². The first-order chi connectivity index (χ1) is 9.15. The molecule has 9 heteroatoms. The van der Waals surface area contributed by atoms with Gasteiger partial charge in [-0.05, 0) is 0 Å². The number of pyridine rings is 1. The molecule has 1 unspecified atom stereocenters. The van der Waals surface area contributed by atoms with Crippen molar-refractivity contribution in [3.05, 3.63) is 22.2 Å². The van der Waals surface area contributed by atoms with Crippen LogP contribution < -0.4 is 16.2 Å². The number of nitro groups is 1. The van der Waals surface area contributed by atoms with E-state index >= 15 is 0 Å². The van der Waals surface area contributed by atoms with Crippen molar-refractivity contribution in [2.45, 2.75) is 6.04 Å². The molecule has 1 fully saturated rings. The van der Waals surface area contributed by atoms with Gasteiger partial charge in [0.1, 0.15) is 11.6 Å². The smallest absolute Gasteiger partial charge is 0.276 e. The Morgan fingerprint density at radius 3 is 3.11 bits per heavy atom. The highest BCUT2D eigenvalue weighted by molar-refractivity contribution is 5.56. The average molecular weight is 269 g/mol. The fourth-order valence-electron chi connectivity index (χ4n) is 1.94. The van der Waals surface area contributed by atoms with Crippen LogP contribution in [0.1, 0.15) is 0 Å². The number of anilines is 2. The minimum absolute atomic E-state index is 0.110. The van der Waals surface area contributed by atoms with Crippen molar-refractivity contribution in [1.29, 1.82) is 0 Å². The van der Waals surface area contributed by atoms with E-state index in [0.717, 1.165) is 0 Å². The van der Waals surface area contributed by atoms with Crippen LogP contribution in [0.2, 0.25) is 0 Å². The van der Waals surface area contributed by atoms with Gasteiger partial charge in [-0.25, -0.2) is 10.8 Å². The minimum atomic E-state index is -0.513. The van der Waals surface area contributed by atoms with Gasteiger partial charge in [-0.3, -0.25) is 10.1 Å². The van der Waals surface area contributed by atoms with Crippen LogP contribution in [0.15, 0.2) is 12.1 Å². The minimum Gasteiger partial charge on any atom is -0.394 e. The summed E-state index contributed by atoms with van der Waals surface area (Å²) in [6.07, 6.45) is 0. The highest BCUT2D eigenvalue weighted by Gasteiger charge is 2.25. The number of morpholine rings is 1. The molecule has 2 heterocycles. The summed E-state index contributed by atoms with van der Waals surface area (Å²) in [5, 5.41) is 20.2. The number of ether oxygens (including phenoxy) is 1. The van der Waals surface area contributed by atoms with E-state index in [4.69, 9.17) is 10.6 Å². The lowest BCUT2D eigenvalue weighted by atomic mass is 10.2. The van der Waals surface area contributed by atoms with Gasteiger partial charge in [0.15, 0.2) is 0 Å². The molecule has 1 aliphatic rings. The third kappa shape index (κ3) is 2.89. The first-order valence-electron chi connectivity index (χ1n) is 5.74. The molecular weight excluding hydrogens is 254 g/mol. The van der Waals surface area contributed by atoms with Crippen LogP contribution >= 0.6 is 0 Å². The second kappa shape index (κ2) is 5.78. The molecule has 0 bridgehead atoms. The van der Waals surface area contributed by atoms with E-state index in [0.29, 0.717) is 25.6 Å². The molecule has 0 aliphatic carbocycles. The maximum absolute atomic E-state index is 10.9. The Morgan fingerprint density at radius 1 is 1.68 bits per heavy atom. The Bertz CT molecular complexity index is 469. The fraction of sp³-hybridized carbons (Fsp3) is 0.500. The zero-order valence-corrected chi connectivity index (χ0v) is 10.2. The highest BCUT2D eigenvalue weighted by atomic mass is 16.6. The van der Waals surface area contributed by atoms with Gasteiger partial charge in [0.25, 0.3) is 5.69 Å². The third-order valence-electron chi connectivity index (χ3n) is 2.89. The lowest BCUT2D eigenvalue weighted by Gasteiger charge is -2.35. The van der Waals surface area contributed by atoms with Gasteiger partial charge in [-0.2, -0.15) is 0 Å². The summed E-state index contributed by atoms with van der Waals surface area (Å²) in [7, 11) is 0. The quantitative estimate of drug-likeness (QED) is 0.378. The number of nitrogens with one attached hydrogen (secondary N) is 1. The number of aliphatic hydroxyl groups is 1. The summed E-state index contributed by atoms with van der Waals surface area (Å²) in [6.45, 7) is 1.22. The van der Waals surface area contributed by atoms with Gasteiger partial charge in [0.05, 0.1) is 42.9 Å². The second-order valence-corrected chi connectivity index (χ2v) is 4.07. The number of aliphatic hydroxyl groups excluding tert-OH is 1. The molecule has 9 nitrogen and oxygen atoms in total. The molecule has 1 aliphatic heterocycles. The van der Waals surface area contributed by atoms with Crippen LogP contribution in [0.5, 0.6) is 0 Å². The van der Waals surface area contributed by atoms with E-state index < -0.39 is 4.92 Å². The molecule has 1 atom stereocenters. The number of hydrogen-bond acceptors (Lipinski definition) is 8. The van der Waals surface area contributed by atoms with E-state index in [9.17, 15) is 15.2 Å². The normalized spacial score (nSPS) is 19.3. The number of nitrogens with zero attached hydrogens (tertiary/aromatic N) is 3. The van der Waals surface area contributed by atoms with Crippen LogP contribution in [-0.4, -0.2) is 47.4 Å². The van der Waals surface area contributed by atoms with Gasteiger partial charge in [0.2, 0.25) is 0 Å². The molecule has 1 aromatic heterocycles. The molecule has 19 heavy (non-hydrogen) atoms. The molecule has 2 rings (SSSR count). The highest BCUT2D eigenvalue weighted by Crippen LogP contribution is 2.25. The summed E-state index contributed by atoms with van der Waals surface area (Å²) < 4.78 is 5.26. The zero-order chi connectivity index (χ0) is 13.8. The monoisotopic (exact) mass is 269 g/mol. The number of hydrazine groups is 1. The van der Waals surface area contributed by atoms with E-state index in [1.165, 1.54) is 12.1 Å². The van der Waals surface area contributed by atoms with Crippen molar-refractivity contribution in [3.63, 3.8) is 0 Å². The van der Waals surface area contributed by atoms with Gasteiger partial charge >= 0.3 is 0 Å². The predicted octanol–water partition coefficient (Wildman–Crippen LogP) is -0.527. The Labute approximate surface area is 109 Å². The van der Waals surface area contributed by atoms with Crippen molar-refractivity contribution < 1.29 is 14.8 Å². The van der Waals surface area contributed by atoms with E-state index in [-0.39, 0.29) is 24.2 Å². The SMILES string of the molecule is NNc1cc([N+](=O)[O-])cc(N2CCOCC2CO)n1. The second-order valence-electron chi connectivity index (χ2n) is 4.07. The number of nitrogen functional groups attached to an aromatic ring is 1. The van der Waals surface area contributed by atoms with Crippen LogP contribution in [0.25, 0.3) is 0 Å². The topological polar surface area (TPSA) is 127 Å². The van der Waals surface area contributed by atoms with E-state index in [2.05, 4.69) is 10.4 Å². The Balaban J connectivity index is 2.36. The lowest BCUT2D eigenvalue weighted by molar-refractivity contribution is -0.384. The Hall–Kier alpha value is -1.97. The van der Waals surface area contributed by atoms with Crippen LogP contribution in [0, 0.1) is 10.1 Å². The number of nitrogens with two attached hydrogens (primary N) is 1. The number of rotatable bonds is 4. The number of aromatic nitrogens is 1. The molecule has 0 radical (unpaired) electrons. The molecule has 4 N–H and O–H groups in total. The van der Waals surface area contributed by atoms with E-state index in [1.54, 1.807) is 4.90 Å². The first kappa shape index (κ1) is 13.5. The van der Waals surface area contributed by atoms with Crippen molar-refractivity contribution >= 4 is 17.3 Å². The largest absolute Gasteiger partial charge is 0.394 e. The van der Waals surface area contributed by atoms with Crippen LogP contribution in [-0.2, 0) is 4.74 Å². The van der Waals surface area contributed by atoms with Crippen molar-refractivity contribution in [2.24, 2.45) is 5.84 Å². The molecular formula is C10H15N5O4. The van der Waals surface area contributed by atoms with Gasteiger partial charge in [0, 0.05) is 6.54 Å². The summed E-state index contributed by atoms with van der Waals surface area (Å²) in [5.41, 5.74) is 2.19. The molecule has 1 aromatic rings. The van der Waals surface area contributed by atoms with Crippen LogP contribution in [0.3, 0.4) is 0 Å². The molecule has 0 amide bonds. The molecule has 104 valence electrons. The van der Waals surface area contributed by atoms with Gasteiger partial charge < -0.3 is 20.2 Å². The molecule has 1 saturated heterocycles. The average Bonchev–Trinajstić information content (AvgIpc) is 2.46. The lowest BCUT2D eigenvalue weighted by Crippen LogP contribution is -2.48. The third-order valence-corrected chi connectivity index (χ3v) is 2.89. The first-order valence-corrected chi connectivity index (χ1v) is 5.74. The maximum Gasteiger partial charge on any atom is 0.276 e.